The summed E-state index contributed by atoms with van der Waals surface area (Å²) < 4.78 is 14.7. The second-order valence-corrected chi connectivity index (χ2v) is 6.91. The summed E-state index contributed by atoms with van der Waals surface area (Å²) in [6.07, 6.45) is 3.67. The van der Waals surface area contributed by atoms with Crippen molar-refractivity contribution in [1.82, 2.24) is 9.78 Å². The first-order valence-electron chi connectivity index (χ1n) is 8.91. The predicted molar refractivity (Wildman–Crippen MR) is 103 cm³/mol. The molecule has 2 aromatic carbocycles. The number of nitrogens with one attached hydrogen (secondary N) is 1. The number of oxime groups is 1. The summed E-state index contributed by atoms with van der Waals surface area (Å²) in [5.41, 5.74) is 2.07. The molecule has 1 amide bonds. The van der Waals surface area contributed by atoms with Gasteiger partial charge < -0.3 is 10.2 Å². The Morgan fingerprint density at radius 1 is 1.21 bits per heavy atom. The number of hydrogen-bond acceptors (Lipinski definition) is 4. The van der Waals surface area contributed by atoms with Crippen LogP contribution in [0, 0.1) is 5.82 Å². The molecule has 1 aromatic heterocycles. The molecule has 6 nitrogen and oxygen atoms in total. The molecule has 0 aliphatic carbocycles. The van der Waals surface area contributed by atoms with Crippen LogP contribution in [0.15, 0.2) is 72.1 Å². The summed E-state index contributed by atoms with van der Waals surface area (Å²) in [4.78, 5) is 18.2. The molecule has 0 radical (unpaired) electrons. The second-order valence-electron chi connectivity index (χ2n) is 6.91. The van der Waals surface area contributed by atoms with Crippen molar-refractivity contribution in [2.24, 2.45) is 5.16 Å². The van der Waals surface area contributed by atoms with Crippen molar-refractivity contribution >= 4 is 17.3 Å². The van der Waals surface area contributed by atoms with Gasteiger partial charge in [-0.1, -0.05) is 47.6 Å². The zero-order valence-electron chi connectivity index (χ0n) is 15.3. The van der Waals surface area contributed by atoms with Gasteiger partial charge in [0.25, 0.3) is 5.91 Å². The van der Waals surface area contributed by atoms with E-state index in [2.05, 4.69) is 15.6 Å². The third-order valence-electron chi connectivity index (χ3n) is 4.60. The SMILES string of the molecule is C[C@@]1(C(=O)Nc2cnn(Cc3ccc(F)cc3)c2)CC(c2ccccc2)=NO1. The van der Waals surface area contributed by atoms with Gasteiger partial charge in [0.05, 0.1) is 24.1 Å². The zero-order chi connectivity index (χ0) is 19.6. The maximum Gasteiger partial charge on any atom is 0.271 e. The molecular weight excluding hydrogens is 359 g/mol. The molecule has 4 rings (SSSR count). The van der Waals surface area contributed by atoms with E-state index in [0.717, 1.165) is 16.8 Å². The van der Waals surface area contributed by atoms with E-state index in [1.54, 1.807) is 36.1 Å². The molecule has 1 atom stereocenters. The van der Waals surface area contributed by atoms with Gasteiger partial charge >= 0.3 is 0 Å². The number of rotatable bonds is 5. The number of halogens is 1. The lowest BCUT2D eigenvalue weighted by Crippen LogP contribution is -2.40. The van der Waals surface area contributed by atoms with Crippen LogP contribution in [0.3, 0.4) is 0 Å². The second kappa shape index (κ2) is 7.26. The van der Waals surface area contributed by atoms with Crippen LogP contribution in [-0.2, 0) is 16.2 Å². The number of carbonyl (C=O) groups is 1. The molecule has 2 heterocycles. The maximum atomic E-state index is 13.0. The predicted octanol–water partition coefficient (Wildman–Crippen LogP) is 3.59. The molecule has 1 N–H and O–H groups in total. The highest BCUT2D eigenvalue weighted by atomic mass is 19.1. The Bertz CT molecular complexity index is 1010. The molecule has 28 heavy (non-hydrogen) atoms. The number of anilines is 1. The topological polar surface area (TPSA) is 68.5 Å². The van der Waals surface area contributed by atoms with Gasteiger partial charge in [0.1, 0.15) is 5.82 Å². The van der Waals surface area contributed by atoms with Crippen LogP contribution in [-0.4, -0.2) is 27.0 Å². The molecule has 0 fully saturated rings. The third-order valence-corrected chi connectivity index (χ3v) is 4.60. The number of carbonyl (C=O) groups excluding carboxylic acids is 1. The normalized spacial score (nSPS) is 18.4. The van der Waals surface area contributed by atoms with E-state index in [-0.39, 0.29) is 11.7 Å². The van der Waals surface area contributed by atoms with Crippen LogP contribution in [0.2, 0.25) is 0 Å². The van der Waals surface area contributed by atoms with E-state index in [9.17, 15) is 9.18 Å². The number of benzene rings is 2. The van der Waals surface area contributed by atoms with Gasteiger partial charge in [0.15, 0.2) is 0 Å². The monoisotopic (exact) mass is 378 g/mol. The van der Waals surface area contributed by atoms with Crippen molar-refractivity contribution in [1.29, 1.82) is 0 Å². The Hall–Kier alpha value is -3.48. The Morgan fingerprint density at radius 2 is 1.96 bits per heavy atom. The van der Waals surface area contributed by atoms with Crippen LogP contribution < -0.4 is 5.32 Å². The van der Waals surface area contributed by atoms with Crippen LogP contribution in [0.4, 0.5) is 10.1 Å². The van der Waals surface area contributed by atoms with Gasteiger partial charge in [-0.25, -0.2) is 4.39 Å². The molecular formula is C21H19FN4O2. The van der Waals surface area contributed by atoms with Gasteiger partial charge in [0, 0.05) is 12.6 Å². The van der Waals surface area contributed by atoms with E-state index in [4.69, 9.17) is 4.84 Å². The highest BCUT2D eigenvalue weighted by Gasteiger charge is 2.42. The number of hydrogen-bond donors (Lipinski definition) is 1. The molecule has 1 aliphatic rings. The summed E-state index contributed by atoms with van der Waals surface area (Å²) in [5.74, 6) is -0.567. The van der Waals surface area contributed by atoms with Crippen LogP contribution >= 0.6 is 0 Å². The Labute approximate surface area is 161 Å². The molecule has 3 aromatic rings. The Balaban J connectivity index is 1.39. The lowest BCUT2D eigenvalue weighted by atomic mass is 9.95. The molecule has 0 spiro atoms. The van der Waals surface area contributed by atoms with Crippen molar-refractivity contribution < 1.29 is 14.0 Å². The van der Waals surface area contributed by atoms with Crippen molar-refractivity contribution in [2.45, 2.75) is 25.5 Å². The van der Waals surface area contributed by atoms with Crippen LogP contribution in [0.1, 0.15) is 24.5 Å². The minimum atomic E-state index is -1.08. The van der Waals surface area contributed by atoms with E-state index < -0.39 is 5.60 Å². The summed E-state index contributed by atoms with van der Waals surface area (Å²) in [7, 11) is 0. The number of aromatic nitrogens is 2. The first kappa shape index (κ1) is 17.9. The fraction of sp³-hybridized carbons (Fsp3) is 0.190. The quantitative estimate of drug-likeness (QED) is 0.738. The van der Waals surface area contributed by atoms with Gasteiger partial charge in [-0.3, -0.25) is 9.48 Å². The van der Waals surface area contributed by atoms with Crippen molar-refractivity contribution in [3.8, 4) is 0 Å². The number of nitrogens with zero attached hydrogens (tertiary/aromatic N) is 3. The summed E-state index contributed by atoms with van der Waals surface area (Å²) in [6, 6.07) is 15.8. The minimum Gasteiger partial charge on any atom is -0.379 e. The largest absolute Gasteiger partial charge is 0.379 e. The van der Waals surface area contributed by atoms with Crippen LogP contribution in [0.25, 0.3) is 0 Å². The van der Waals surface area contributed by atoms with Gasteiger partial charge in [-0.15, -0.1) is 0 Å². The van der Waals surface area contributed by atoms with E-state index in [1.165, 1.54) is 12.1 Å². The fourth-order valence-corrected chi connectivity index (χ4v) is 3.00. The van der Waals surface area contributed by atoms with E-state index in [0.29, 0.717) is 18.7 Å². The van der Waals surface area contributed by atoms with Crippen LogP contribution in [0.5, 0.6) is 0 Å². The van der Waals surface area contributed by atoms with Crippen molar-refractivity contribution in [3.63, 3.8) is 0 Å². The average molecular weight is 378 g/mol. The molecule has 7 heteroatoms. The van der Waals surface area contributed by atoms with E-state index >= 15 is 0 Å². The third kappa shape index (κ3) is 3.78. The van der Waals surface area contributed by atoms with Crippen molar-refractivity contribution in [3.05, 3.63) is 83.9 Å². The fourth-order valence-electron chi connectivity index (χ4n) is 3.00. The highest BCUT2D eigenvalue weighted by Crippen LogP contribution is 2.28. The first-order valence-corrected chi connectivity index (χ1v) is 8.91. The van der Waals surface area contributed by atoms with Gasteiger partial charge in [0.2, 0.25) is 5.60 Å². The van der Waals surface area contributed by atoms with Gasteiger partial charge in [-0.05, 0) is 30.2 Å². The standard InChI is InChI=1S/C21H19FN4O2/c1-21(11-19(25-28-21)16-5-3-2-4-6-16)20(27)24-18-12-23-26(14-18)13-15-7-9-17(22)10-8-15/h2-10,12,14H,11,13H2,1H3,(H,24,27)/t21-/m0/s1. The summed E-state index contributed by atoms with van der Waals surface area (Å²) in [5, 5.41) is 11.2. The Kier molecular flexibility index (Phi) is 4.65. The maximum absolute atomic E-state index is 13.0. The molecule has 0 saturated heterocycles. The summed E-state index contributed by atoms with van der Waals surface area (Å²) in [6.45, 7) is 2.19. The zero-order valence-corrected chi connectivity index (χ0v) is 15.3. The smallest absolute Gasteiger partial charge is 0.271 e. The molecule has 1 aliphatic heterocycles. The highest BCUT2D eigenvalue weighted by molar-refractivity contribution is 6.07. The van der Waals surface area contributed by atoms with E-state index in [1.807, 2.05) is 30.3 Å². The average Bonchev–Trinajstić information content (AvgIpc) is 3.32. The van der Waals surface area contributed by atoms with Crippen molar-refractivity contribution in [2.75, 3.05) is 5.32 Å². The minimum absolute atomic E-state index is 0.279. The molecule has 0 saturated carbocycles. The summed E-state index contributed by atoms with van der Waals surface area (Å²) >= 11 is 0. The lowest BCUT2D eigenvalue weighted by molar-refractivity contribution is -0.135. The number of amides is 1. The Morgan fingerprint density at radius 3 is 2.71 bits per heavy atom. The lowest BCUT2D eigenvalue weighted by Gasteiger charge is -2.19. The molecule has 0 bridgehead atoms. The molecule has 0 unspecified atom stereocenters. The van der Waals surface area contributed by atoms with Gasteiger partial charge in [-0.2, -0.15) is 5.10 Å². The first-order chi connectivity index (χ1) is 13.5. The molecule has 142 valence electrons.